The number of aryl methyl sites for hydroxylation is 2. The summed E-state index contributed by atoms with van der Waals surface area (Å²) >= 11 is 0. The van der Waals surface area contributed by atoms with Crippen molar-refractivity contribution in [3.63, 3.8) is 0 Å². The van der Waals surface area contributed by atoms with Crippen molar-refractivity contribution in [3.05, 3.63) is 155 Å². The summed E-state index contributed by atoms with van der Waals surface area (Å²) in [5, 5.41) is 0. The molecule has 0 unspecified atom stereocenters. The number of piperazine rings is 1. The zero-order chi connectivity index (χ0) is 37.0. The summed E-state index contributed by atoms with van der Waals surface area (Å²) in [6.07, 6.45) is 9.14. The van der Waals surface area contributed by atoms with E-state index < -0.39 is 0 Å². The molecule has 9 heteroatoms. The van der Waals surface area contributed by atoms with Gasteiger partial charge in [-0.25, -0.2) is 9.37 Å². The highest BCUT2D eigenvalue weighted by Crippen LogP contribution is 2.30. The van der Waals surface area contributed by atoms with Crippen molar-refractivity contribution in [2.45, 2.75) is 27.0 Å². The monoisotopic (exact) mass is 713 g/mol. The van der Waals surface area contributed by atoms with Crippen molar-refractivity contribution in [2.24, 2.45) is 0 Å². The predicted octanol–water partition coefficient (Wildman–Crippen LogP) is 8.67. The Bertz CT molecular complexity index is 1980. The van der Waals surface area contributed by atoms with Gasteiger partial charge in [-0.1, -0.05) is 42.5 Å². The van der Waals surface area contributed by atoms with Gasteiger partial charge in [0.1, 0.15) is 42.0 Å². The van der Waals surface area contributed by atoms with Crippen LogP contribution >= 0.6 is 0 Å². The lowest BCUT2D eigenvalue weighted by Gasteiger charge is -2.34. The van der Waals surface area contributed by atoms with Gasteiger partial charge >= 0.3 is 0 Å². The molecule has 0 radical (unpaired) electrons. The fourth-order valence-corrected chi connectivity index (χ4v) is 6.00. The fourth-order valence-electron chi connectivity index (χ4n) is 6.00. The van der Waals surface area contributed by atoms with Gasteiger partial charge in [-0.2, -0.15) is 0 Å². The molecule has 1 amide bonds. The Morgan fingerprint density at radius 2 is 1.42 bits per heavy atom. The third-order valence-electron chi connectivity index (χ3n) is 8.92. The van der Waals surface area contributed by atoms with E-state index in [1.165, 1.54) is 17.7 Å². The SMILES string of the molecule is COc1ccc(COc2ccc(Oc3c(C)cc(/C=C/C(=O)N4CCN(Cc5ccc(/C=C/COc6ccc(F)cc6)cc5)CC4)cc3C)nc2)cc1. The molecular weight excluding hydrogens is 669 g/mol. The second-order valence-corrected chi connectivity index (χ2v) is 12.9. The molecule has 1 aliphatic heterocycles. The summed E-state index contributed by atoms with van der Waals surface area (Å²) < 4.78 is 35.9. The Morgan fingerprint density at radius 3 is 2.08 bits per heavy atom. The molecule has 0 aliphatic carbocycles. The first-order valence-corrected chi connectivity index (χ1v) is 17.7. The van der Waals surface area contributed by atoms with Crippen molar-refractivity contribution < 1.29 is 28.1 Å². The van der Waals surface area contributed by atoms with Crippen LogP contribution in [0.3, 0.4) is 0 Å². The van der Waals surface area contributed by atoms with Gasteiger partial charge in [-0.3, -0.25) is 9.69 Å². The number of rotatable bonds is 14. The molecule has 1 aromatic heterocycles. The Labute approximate surface area is 310 Å². The van der Waals surface area contributed by atoms with Crippen LogP contribution in [0.1, 0.15) is 33.4 Å². The lowest BCUT2D eigenvalue weighted by atomic mass is 10.1. The summed E-state index contributed by atoms with van der Waals surface area (Å²) in [6, 6.07) is 29.8. The van der Waals surface area contributed by atoms with Crippen LogP contribution in [0.4, 0.5) is 4.39 Å². The van der Waals surface area contributed by atoms with Gasteiger partial charge in [0.05, 0.1) is 13.3 Å². The Kier molecular flexibility index (Phi) is 12.5. The van der Waals surface area contributed by atoms with Gasteiger partial charge in [0.2, 0.25) is 11.8 Å². The maximum Gasteiger partial charge on any atom is 0.246 e. The first-order chi connectivity index (χ1) is 25.8. The summed E-state index contributed by atoms with van der Waals surface area (Å²) in [7, 11) is 1.64. The summed E-state index contributed by atoms with van der Waals surface area (Å²) in [6.45, 7) is 8.64. The average Bonchev–Trinajstić information content (AvgIpc) is 3.18. The molecule has 1 saturated heterocycles. The molecule has 1 fully saturated rings. The van der Waals surface area contributed by atoms with Crippen molar-refractivity contribution in [2.75, 3.05) is 39.9 Å². The number of nitrogens with zero attached hydrogens (tertiary/aromatic N) is 3. The maximum absolute atomic E-state index is 13.1. The minimum atomic E-state index is -0.279. The zero-order valence-corrected chi connectivity index (χ0v) is 30.3. The van der Waals surface area contributed by atoms with Crippen molar-refractivity contribution >= 4 is 18.1 Å². The molecule has 2 heterocycles. The maximum atomic E-state index is 13.1. The number of halogens is 1. The van der Waals surface area contributed by atoms with Gasteiger partial charge in [-0.05, 0) is 114 Å². The van der Waals surface area contributed by atoms with Crippen LogP contribution in [-0.2, 0) is 17.9 Å². The first-order valence-electron chi connectivity index (χ1n) is 17.7. The molecule has 4 aromatic carbocycles. The van der Waals surface area contributed by atoms with Gasteiger partial charge < -0.3 is 23.8 Å². The number of pyridine rings is 1. The molecule has 0 atom stereocenters. The molecule has 0 spiro atoms. The minimum Gasteiger partial charge on any atom is -0.497 e. The van der Waals surface area contributed by atoms with E-state index in [1.807, 2.05) is 79.4 Å². The number of hydrogen-bond acceptors (Lipinski definition) is 7. The molecular formula is C44H44FN3O5. The third-order valence-corrected chi connectivity index (χ3v) is 8.92. The zero-order valence-electron chi connectivity index (χ0n) is 30.3. The Hall–Kier alpha value is -5.93. The number of ether oxygens (including phenoxy) is 4. The largest absolute Gasteiger partial charge is 0.497 e. The van der Waals surface area contributed by atoms with Crippen molar-refractivity contribution in [1.82, 2.24) is 14.8 Å². The lowest BCUT2D eigenvalue weighted by Crippen LogP contribution is -2.47. The highest BCUT2D eigenvalue weighted by atomic mass is 19.1. The lowest BCUT2D eigenvalue weighted by molar-refractivity contribution is -0.127. The van der Waals surface area contributed by atoms with Crippen LogP contribution in [0.25, 0.3) is 12.2 Å². The van der Waals surface area contributed by atoms with Crippen LogP contribution < -0.4 is 18.9 Å². The van der Waals surface area contributed by atoms with E-state index in [0.29, 0.717) is 43.7 Å². The van der Waals surface area contributed by atoms with E-state index in [0.717, 1.165) is 59.0 Å². The second kappa shape index (κ2) is 18.0. The number of benzene rings is 4. The standard InChI is InChI=1S/C44H44FN3O5/c1-32-27-37(28-33(2)44(32)53-42-20-19-41(29-46-42)52-31-36-10-15-39(50-3)16-11-36)12-21-43(49)48-24-22-47(23-25-48)30-35-8-6-34(7-9-35)5-4-26-51-40-17-13-38(45)14-18-40/h4-21,27-29H,22-26,30-31H2,1-3H3/b5-4+,21-12+. The summed E-state index contributed by atoms with van der Waals surface area (Å²) in [5.41, 5.74) is 6.18. The van der Waals surface area contributed by atoms with E-state index in [9.17, 15) is 9.18 Å². The summed E-state index contributed by atoms with van der Waals surface area (Å²) in [5.74, 6) is 3.04. The third kappa shape index (κ3) is 10.8. The molecule has 0 N–H and O–H groups in total. The van der Waals surface area contributed by atoms with Gasteiger partial charge in [-0.15, -0.1) is 0 Å². The van der Waals surface area contributed by atoms with Crippen LogP contribution in [0.5, 0.6) is 28.9 Å². The number of amides is 1. The normalized spacial score (nSPS) is 13.4. The first kappa shape index (κ1) is 36.8. The van der Waals surface area contributed by atoms with Gasteiger partial charge in [0.25, 0.3) is 0 Å². The Morgan fingerprint density at radius 1 is 0.755 bits per heavy atom. The Balaban J connectivity index is 0.928. The molecule has 5 aromatic rings. The van der Waals surface area contributed by atoms with Crippen molar-refractivity contribution in [3.8, 4) is 28.9 Å². The number of methoxy groups -OCH3 is 1. The molecule has 8 nitrogen and oxygen atoms in total. The topological polar surface area (TPSA) is 73.4 Å². The number of hydrogen-bond donors (Lipinski definition) is 0. The predicted molar refractivity (Wildman–Crippen MR) is 206 cm³/mol. The van der Waals surface area contributed by atoms with E-state index in [1.54, 1.807) is 37.6 Å². The highest BCUT2D eigenvalue weighted by Gasteiger charge is 2.20. The van der Waals surface area contributed by atoms with Crippen molar-refractivity contribution in [1.29, 1.82) is 0 Å². The van der Waals surface area contributed by atoms with E-state index in [-0.39, 0.29) is 11.7 Å². The van der Waals surface area contributed by atoms with Crippen LogP contribution in [0.2, 0.25) is 0 Å². The van der Waals surface area contributed by atoms with Crippen LogP contribution in [0.15, 0.2) is 115 Å². The minimum absolute atomic E-state index is 0.0123. The van der Waals surface area contributed by atoms with Crippen LogP contribution in [-0.4, -0.2) is 60.6 Å². The quantitative estimate of drug-likeness (QED) is 0.107. The van der Waals surface area contributed by atoms with E-state index in [4.69, 9.17) is 18.9 Å². The average molecular weight is 714 g/mol. The molecule has 272 valence electrons. The molecule has 53 heavy (non-hydrogen) atoms. The summed E-state index contributed by atoms with van der Waals surface area (Å²) in [4.78, 5) is 21.8. The van der Waals surface area contributed by atoms with Gasteiger partial charge in [0.15, 0.2) is 0 Å². The van der Waals surface area contributed by atoms with Crippen LogP contribution in [0, 0.1) is 19.7 Å². The number of aromatic nitrogens is 1. The molecule has 0 bridgehead atoms. The van der Waals surface area contributed by atoms with Gasteiger partial charge in [0, 0.05) is 44.9 Å². The molecule has 1 aliphatic rings. The molecule has 0 saturated carbocycles. The second-order valence-electron chi connectivity index (χ2n) is 12.9. The fraction of sp³-hybridized carbons (Fsp3) is 0.227. The molecule has 6 rings (SSSR count). The smallest absolute Gasteiger partial charge is 0.246 e. The van der Waals surface area contributed by atoms with E-state index in [2.05, 4.69) is 34.1 Å². The van der Waals surface area contributed by atoms with E-state index >= 15 is 0 Å². The number of carbonyl (C=O) groups excluding carboxylic acids is 1. The number of carbonyl (C=O) groups is 1. The highest BCUT2D eigenvalue weighted by molar-refractivity contribution is 5.92.